The van der Waals surface area contributed by atoms with Crippen molar-refractivity contribution in [3.05, 3.63) is 58.8 Å². The Kier molecular flexibility index (Phi) is 5.25. The average Bonchev–Trinajstić information content (AvgIpc) is 2.98. The summed E-state index contributed by atoms with van der Waals surface area (Å²) in [6.07, 6.45) is 2.67. The Bertz CT molecular complexity index is 736. The molecule has 0 bridgehead atoms. The van der Waals surface area contributed by atoms with Crippen molar-refractivity contribution in [1.82, 2.24) is 10.3 Å². The van der Waals surface area contributed by atoms with Crippen LogP contribution in [0.25, 0.3) is 0 Å². The number of hydrogen-bond donors (Lipinski definition) is 1. The monoisotopic (exact) mass is 387 g/mol. The van der Waals surface area contributed by atoms with Gasteiger partial charge in [-0.25, -0.2) is 0 Å². The van der Waals surface area contributed by atoms with E-state index in [-0.39, 0.29) is 24.2 Å². The second-order valence-corrected chi connectivity index (χ2v) is 6.66. The van der Waals surface area contributed by atoms with Crippen LogP contribution in [0.1, 0.15) is 12.1 Å². The summed E-state index contributed by atoms with van der Waals surface area (Å²) in [5, 5.41) is 2.91. The molecule has 1 aromatic heterocycles. The number of anilines is 1. The van der Waals surface area contributed by atoms with E-state index in [4.69, 9.17) is 0 Å². The fraction of sp³-hybridized carbons (Fsp3) is 0.278. The standard InChI is InChI=1S/C18H18BrN3O2/c19-14-4-3-6-16(11-14)22-12-13(10-17(22)23)18(24)21-9-7-15-5-1-2-8-20-15/h1-6,8,11,13H,7,9-10,12H2,(H,21,24)/t13-/m0/s1. The summed E-state index contributed by atoms with van der Waals surface area (Å²) in [6.45, 7) is 0.947. The molecule has 124 valence electrons. The molecular formula is C18H18BrN3O2. The summed E-state index contributed by atoms with van der Waals surface area (Å²) in [5.74, 6) is -0.394. The Morgan fingerprint density at radius 2 is 2.17 bits per heavy atom. The van der Waals surface area contributed by atoms with Crippen LogP contribution in [-0.2, 0) is 16.0 Å². The number of aromatic nitrogens is 1. The Labute approximate surface area is 149 Å². The van der Waals surface area contributed by atoms with E-state index >= 15 is 0 Å². The van der Waals surface area contributed by atoms with Crippen LogP contribution in [0.4, 0.5) is 5.69 Å². The van der Waals surface area contributed by atoms with Gasteiger partial charge in [-0.3, -0.25) is 14.6 Å². The lowest BCUT2D eigenvalue weighted by Gasteiger charge is -2.17. The number of carbonyl (C=O) groups is 2. The Balaban J connectivity index is 1.54. The van der Waals surface area contributed by atoms with Crippen molar-refractivity contribution in [3.8, 4) is 0 Å². The highest BCUT2D eigenvalue weighted by molar-refractivity contribution is 9.10. The number of amides is 2. The quantitative estimate of drug-likeness (QED) is 0.857. The molecule has 0 spiro atoms. The summed E-state index contributed by atoms with van der Waals surface area (Å²) in [6, 6.07) is 13.3. The maximum absolute atomic E-state index is 12.3. The first-order valence-corrected chi connectivity index (χ1v) is 8.66. The van der Waals surface area contributed by atoms with Crippen molar-refractivity contribution in [2.45, 2.75) is 12.8 Å². The van der Waals surface area contributed by atoms with E-state index in [9.17, 15) is 9.59 Å². The normalized spacial score (nSPS) is 17.1. The number of nitrogens with zero attached hydrogens (tertiary/aromatic N) is 2. The number of pyridine rings is 1. The highest BCUT2D eigenvalue weighted by Gasteiger charge is 2.34. The van der Waals surface area contributed by atoms with Crippen LogP contribution in [0.2, 0.25) is 0 Å². The van der Waals surface area contributed by atoms with E-state index in [1.807, 2.05) is 42.5 Å². The minimum Gasteiger partial charge on any atom is -0.355 e. The molecule has 0 saturated carbocycles. The fourth-order valence-corrected chi connectivity index (χ4v) is 3.17. The van der Waals surface area contributed by atoms with Gasteiger partial charge in [0.15, 0.2) is 0 Å². The van der Waals surface area contributed by atoms with Crippen LogP contribution >= 0.6 is 15.9 Å². The molecular weight excluding hydrogens is 370 g/mol. The van der Waals surface area contributed by atoms with Crippen LogP contribution in [-0.4, -0.2) is 29.9 Å². The minimum atomic E-state index is -0.305. The molecule has 0 unspecified atom stereocenters. The summed E-state index contributed by atoms with van der Waals surface area (Å²) in [7, 11) is 0. The van der Waals surface area contributed by atoms with Crippen molar-refractivity contribution in [2.24, 2.45) is 5.92 Å². The lowest BCUT2D eigenvalue weighted by atomic mass is 10.1. The first-order valence-electron chi connectivity index (χ1n) is 7.87. The van der Waals surface area contributed by atoms with Gasteiger partial charge in [-0.05, 0) is 30.3 Å². The third-order valence-electron chi connectivity index (χ3n) is 4.02. The Hall–Kier alpha value is -2.21. The maximum atomic E-state index is 12.3. The van der Waals surface area contributed by atoms with Gasteiger partial charge in [0.05, 0.1) is 5.92 Å². The lowest BCUT2D eigenvalue weighted by molar-refractivity contribution is -0.126. The van der Waals surface area contributed by atoms with E-state index in [1.54, 1.807) is 11.1 Å². The SMILES string of the molecule is O=C(NCCc1ccccn1)[C@H]1CC(=O)N(c2cccc(Br)c2)C1. The van der Waals surface area contributed by atoms with Crippen LogP contribution in [0, 0.1) is 5.92 Å². The second kappa shape index (κ2) is 7.57. The summed E-state index contributed by atoms with van der Waals surface area (Å²) in [5.41, 5.74) is 1.76. The average molecular weight is 388 g/mol. The zero-order chi connectivity index (χ0) is 16.9. The van der Waals surface area contributed by atoms with Gasteiger partial charge in [0.2, 0.25) is 11.8 Å². The first-order chi connectivity index (χ1) is 11.6. The molecule has 2 aromatic rings. The number of halogens is 1. The topological polar surface area (TPSA) is 62.3 Å². The number of hydrogen-bond acceptors (Lipinski definition) is 3. The Morgan fingerprint density at radius 3 is 2.92 bits per heavy atom. The summed E-state index contributed by atoms with van der Waals surface area (Å²) >= 11 is 3.41. The van der Waals surface area contributed by atoms with E-state index in [2.05, 4.69) is 26.2 Å². The molecule has 0 radical (unpaired) electrons. The zero-order valence-electron chi connectivity index (χ0n) is 13.1. The fourth-order valence-electron chi connectivity index (χ4n) is 2.78. The molecule has 2 amide bonds. The van der Waals surface area contributed by atoms with Gasteiger partial charge in [0.25, 0.3) is 0 Å². The molecule has 2 heterocycles. The van der Waals surface area contributed by atoms with Crippen molar-refractivity contribution in [1.29, 1.82) is 0 Å². The molecule has 24 heavy (non-hydrogen) atoms. The van der Waals surface area contributed by atoms with Crippen molar-refractivity contribution in [3.63, 3.8) is 0 Å². The molecule has 1 fully saturated rings. The van der Waals surface area contributed by atoms with E-state index < -0.39 is 0 Å². The highest BCUT2D eigenvalue weighted by atomic mass is 79.9. The van der Waals surface area contributed by atoms with Gasteiger partial charge in [-0.15, -0.1) is 0 Å². The first kappa shape index (κ1) is 16.6. The maximum Gasteiger partial charge on any atom is 0.227 e. The molecule has 1 aliphatic heterocycles. The molecule has 1 N–H and O–H groups in total. The molecule has 1 atom stereocenters. The third-order valence-corrected chi connectivity index (χ3v) is 4.52. The smallest absolute Gasteiger partial charge is 0.227 e. The van der Waals surface area contributed by atoms with E-state index in [0.29, 0.717) is 19.5 Å². The van der Waals surface area contributed by atoms with Crippen LogP contribution in [0.3, 0.4) is 0 Å². The molecule has 3 rings (SSSR count). The number of benzene rings is 1. The lowest BCUT2D eigenvalue weighted by Crippen LogP contribution is -2.34. The number of rotatable bonds is 5. The molecule has 6 heteroatoms. The second-order valence-electron chi connectivity index (χ2n) is 5.75. The van der Waals surface area contributed by atoms with Gasteiger partial charge in [0.1, 0.15) is 0 Å². The van der Waals surface area contributed by atoms with Crippen molar-refractivity contribution >= 4 is 33.4 Å². The highest BCUT2D eigenvalue weighted by Crippen LogP contribution is 2.27. The van der Waals surface area contributed by atoms with Gasteiger partial charge in [-0.1, -0.05) is 28.1 Å². The number of carbonyl (C=O) groups excluding carboxylic acids is 2. The predicted molar refractivity (Wildman–Crippen MR) is 95.6 cm³/mol. The van der Waals surface area contributed by atoms with E-state index in [1.165, 1.54) is 0 Å². The van der Waals surface area contributed by atoms with Gasteiger partial charge in [0, 0.05) is 48.0 Å². The zero-order valence-corrected chi connectivity index (χ0v) is 14.7. The van der Waals surface area contributed by atoms with Gasteiger partial charge >= 0.3 is 0 Å². The molecule has 1 aromatic carbocycles. The molecule has 1 aliphatic rings. The van der Waals surface area contributed by atoms with Crippen LogP contribution in [0.5, 0.6) is 0 Å². The molecule has 0 aliphatic carbocycles. The molecule has 1 saturated heterocycles. The van der Waals surface area contributed by atoms with Crippen molar-refractivity contribution < 1.29 is 9.59 Å². The van der Waals surface area contributed by atoms with E-state index in [0.717, 1.165) is 15.9 Å². The summed E-state index contributed by atoms with van der Waals surface area (Å²) < 4.78 is 0.913. The minimum absolute atomic E-state index is 0.0158. The van der Waals surface area contributed by atoms with Gasteiger partial charge in [-0.2, -0.15) is 0 Å². The summed E-state index contributed by atoms with van der Waals surface area (Å²) in [4.78, 5) is 30.4. The van der Waals surface area contributed by atoms with Crippen molar-refractivity contribution in [2.75, 3.05) is 18.0 Å². The third kappa shape index (κ3) is 4.00. The largest absolute Gasteiger partial charge is 0.355 e. The molecule has 5 nitrogen and oxygen atoms in total. The Morgan fingerprint density at radius 1 is 1.29 bits per heavy atom. The van der Waals surface area contributed by atoms with Gasteiger partial charge < -0.3 is 10.2 Å². The predicted octanol–water partition coefficient (Wildman–Crippen LogP) is 2.56. The van der Waals surface area contributed by atoms with Crippen LogP contribution < -0.4 is 10.2 Å². The number of nitrogens with one attached hydrogen (secondary N) is 1. The van der Waals surface area contributed by atoms with Crippen LogP contribution in [0.15, 0.2) is 53.1 Å².